The second-order valence-electron chi connectivity index (χ2n) is 6.31. The minimum absolute atomic E-state index is 0.0983. The highest BCUT2D eigenvalue weighted by Crippen LogP contribution is 2.24. The fourth-order valence-electron chi connectivity index (χ4n) is 3.21. The molecule has 0 radical (unpaired) electrons. The van der Waals surface area contributed by atoms with E-state index in [1.807, 2.05) is 84.9 Å². The van der Waals surface area contributed by atoms with Crippen LogP contribution in [0.5, 0.6) is 0 Å². The van der Waals surface area contributed by atoms with E-state index in [1.54, 1.807) is 6.26 Å². The van der Waals surface area contributed by atoms with E-state index in [-0.39, 0.29) is 18.5 Å². The predicted octanol–water partition coefficient (Wildman–Crippen LogP) is 4.75. The van der Waals surface area contributed by atoms with Crippen LogP contribution in [0.15, 0.2) is 95.6 Å². The first-order valence-electron chi connectivity index (χ1n) is 8.90. The van der Waals surface area contributed by atoms with Gasteiger partial charge in [-0.2, -0.15) is 0 Å². The van der Waals surface area contributed by atoms with Crippen molar-refractivity contribution < 1.29 is 9.21 Å². The molecule has 0 saturated carbocycles. The van der Waals surface area contributed by atoms with Crippen LogP contribution in [0.3, 0.4) is 0 Å². The van der Waals surface area contributed by atoms with Crippen molar-refractivity contribution >= 4 is 22.4 Å². The Bertz CT molecular complexity index is 1020. The number of furan rings is 1. The molecule has 4 rings (SSSR count). The molecule has 1 amide bonds. The Morgan fingerprint density at radius 2 is 1.63 bits per heavy atom. The first-order chi connectivity index (χ1) is 13.3. The molecular formula is C23H20N2O2. The third-order valence-corrected chi connectivity index (χ3v) is 4.49. The first kappa shape index (κ1) is 17.1. The van der Waals surface area contributed by atoms with Crippen molar-refractivity contribution in [2.75, 3.05) is 11.9 Å². The number of rotatable bonds is 6. The second kappa shape index (κ2) is 7.89. The molecule has 1 aromatic heterocycles. The molecule has 0 aliphatic carbocycles. The van der Waals surface area contributed by atoms with E-state index in [1.165, 1.54) is 0 Å². The highest BCUT2D eigenvalue weighted by atomic mass is 16.3. The first-order valence-corrected chi connectivity index (χ1v) is 8.90. The summed E-state index contributed by atoms with van der Waals surface area (Å²) in [6, 6.07) is 27.4. The minimum atomic E-state index is -0.181. The van der Waals surface area contributed by atoms with Gasteiger partial charge >= 0.3 is 0 Å². The van der Waals surface area contributed by atoms with Gasteiger partial charge in [-0.3, -0.25) is 10.1 Å². The molecule has 0 unspecified atom stereocenters. The normalized spacial score (nSPS) is 12.0. The van der Waals surface area contributed by atoms with E-state index in [4.69, 9.17) is 4.42 Å². The van der Waals surface area contributed by atoms with Crippen molar-refractivity contribution in [3.63, 3.8) is 0 Å². The lowest BCUT2D eigenvalue weighted by atomic mass is 10.0. The number of fused-ring (bicyclic) bond motifs is 1. The Morgan fingerprint density at radius 1 is 0.852 bits per heavy atom. The number of amides is 1. The molecule has 0 saturated heterocycles. The maximum absolute atomic E-state index is 12.6. The Kier molecular flexibility index (Phi) is 4.99. The summed E-state index contributed by atoms with van der Waals surface area (Å²) in [5.41, 5.74) is 1.86. The third-order valence-electron chi connectivity index (χ3n) is 4.49. The summed E-state index contributed by atoms with van der Waals surface area (Å²) < 4.78 is 5.56. The van der Waals surface area contributed by atoms with E-state index in [0.29, 0.717) is 0 Å². The zero-order valence-corrected chi connectivity index (χ0v) is 14.8. The fraction of sp³-hybridized carbons (Fsp3) is 0.0870. The Morgan fingerprint density at radius 3 is 2.44 bits per heavy atom. The summed E-state index contributed by atoms with van der Waals surface area (Å²) in [4.78, 5) is 12.6. The van der Waals surface area contributed by atoms with Crippen LogP contribution in [0, 0.1) is 0 Å². The second-order valence-corrected chi connectivity index (χ2v) is 6.31. The van der Waals surface area contributed by atoms with Gasteiger partial charge in [0.15, 0.2) is 0 Å². The predicted molar refractivity (Wildman–Crippen MR) is 108 cm³/mol. The molecule has 0 spiro atoms. The zero-order chi connectivity index (χ0) is 18.5. The van der Waals surface area contributed by atoms with Crippen molar-refractivity contribution in [2.45, 2.75) is 6.04 Å². The maximum atomic E-state index is 12.6. The number of hydrogen-bond acceptors (Lipinski definition) is 3. The summed E-state index contributed by atoms with van der Waals surface area (Å²) >= 11 is 0. The Labute approximate surface area is 157 Å². The van der Waals surface area contributed by atoms with Crippen LogP contribution in [-0.4, -0.2) is 12.5 Å². The molecule has 2 N–H and O–H groups in total. The molecular weight excluding hydrogens is 336 g/mol. The van der Waals surface area contributed by atoms with E-state index >= 15 is 0 Å². The molecule has 0 aliphatic rings. The van der Waals surface area contributed by atoms with E-state index in [9.17, 15) is 4.79 Å². The topological polar surface area (TPSA) is 54.3 Å². The van der Waals surface area contributed by atoms with Crippen molar-refractivity contribution in [3.8, 4) is 0 Å². The highest BCUT2D eigenvalue weighted by Gasteiger charge is 2.17. The smallest absolute Gasteiger partial charge is 0.238 e. The van der Waals surface area contributed by atoms with Crippen molar-refractivity contribution in [1.82, 2.24) is 5.32 Å². The van der Waals surface area contributed by atoms with Gasteiger partial charge in [-0.1, -0.05) is 66.7 Å². The van der Waals surface area contributed by atoms with Crippen LogP contribution in [0.2, 0.25) is 0 Å². The minimum Gasteiger partial charge on any atom is -0.467 e. The lowest BCUT2D eigenvalue weighted by Gasteiger charge is -2.17. The van der Waals surface area contributed by atoms with E-state index < -0.39 is 0 Å². The van der Waals surface area contributed by atoms with Gasteiger partial charge in [0.05, 0.1) is 18.8 Å². The number of anilines is 1. The molecule has 134 valence electrons. The average Bonchev–Trinajstić information content (AvgIpc) is 3.24. The van der Waals surface area contributed by atoms with Crippen LogP contribution >= 0.6 is 0 Å². The SMILES string of the molecule is O=C(CN[C@@H](c1ccccc1)c1ccco1)Nc1cccc2ccccc12. The molecule has 0 fully saturated rings. The molecule has 0 aliphatic heterocycles. The van der Waals surface area contributed by atoms with Crippen molar-refractivity contribution in [3.05, 3.63) is 103 Å². The highest BCUT2D eigenvalue weighted by molar-refractivity contribution is 6.02. The molecule has 1 atom stereocenters. The van der Waals surface area contributed by atoms with Crippen LogP contribution in [0.1, 0.15) is 17.4 Å². The van der Waals surface area contributed by atoms with E-state index in [0.717, 1.165) is 27.8 Å². The van der Waals surface area contributed by atoms with Gasteiger partial charge in [-0.05, 0) is 29.1 Å². The summed E-state index contributed by atoms with van der Waals surface area (Å²) in [5.74, 6) is 0.679. The van der Waals surface area contributed by atoms with Crippen LogP contribution < -0.4 is 10.6 Å². The Hall–Kier alpha value is -3.37. The number of nitrogens with one attached hydrogen (secondary N) is 2. The maximum Gasteiger partial charge on any atom is 0.238 e. The standard InChI is InChI=1S/C23H20N2O2/c26-22(25-20-13-6-11-17-8-4-5-12-19(17)20)16-24-23(21-14-7-15-27-21)18-9-2-1-3-10-18/h1-15,23-24H,16H2,(H,25,26)/t23-/m0/s1. The van der Waals surface area contributed by atoms with Gasteiger partial charge in [-0.25, -0.2) is 0 Å². The quantitative estimate of drug-likeness (QED) is 0.524. The molecule has 3 aromatic carbocycles. The van der Waals surface area contributed by atoms with Crippen LogP contribution in [-0.2, 0) is 4.79 Å². The largest absolute Gasteiger partial charge is 0.467 e. The number of carbonyl (C=O) groups is 1. The summed E-state index contributed by atoms with van der Waals surface area (Å²) in [6.07, 6.45) is 1.64. The van der Waals surface area contributed by atoms with Crippen LogP contribution in [0.25, 0.3) is 10.8 Å². The Balaban J connectivity index is 1.48. The van der Waals surface area contributed by atoms with Crippen LogP contribution in [0.4, 0.5) is 5.69 Å². The van der Waals surface area contributed by atoms with Gasteiger partial charge in [0.1, 0.15) is 5.76 Å². The van der Waals surface area contributed by atoms with Crippen molar-refractivity contribution in [2.24, 2.45) is 0 Å². The molecule has 4 aromatic rings. The monoisotopic (exact) mass is 356 g/mol. The number of carbonyl (C=O) groups excluding carboxylic acids is 1. The molecule has 4 heteroatoms. The number of benzene rings is 3. The zero-order valence-electron chi connectivity index (χ0n) is 14.8. The summed E-state index contributed by atoms with van der Waals surface area (Å²) in [5, 5.41) is 8.43. The molecule has 4 nitrogen and oxygen atoms in total. The van der Waals surface area contributed by atoms with Gasteiger partial charge in [0.2, 0.25) is 5.91 Å². The lowest BCUT2D eigenvalue weighted by Crippen LogP contribution is -2.31. The summed E-state index contributed by atoms with van der Waals surface area (Å²) in [6.45, 7) is 0.170. The van der Waals surface area contributed by atoms with Crippen molar-refractivity contribution in [1.29, 1.82) is 0 Å². The van der Waals surface area contributed by atoms with Gasteiger partial charge < -0.3 is 9.73 Å². The average molecular weight is 356 g/mol. The van der Waals surface area contributed by atoms with Gasteiger partial charge in [0.25, 0.3) is 0 Å². The summed E-state index contributed by atoms with van der Waals surface area (Å²) in [7, 11) is 0. The fourth-order valence-corrected chi connectivity index (χ4v) is 3.21. The molecule has 27 heavy (non-hydrogen) atoms. The molecule has 0 bridgehead atoms. The third kappa shape index (κ3) is 3.91. The van der Waals surface area contributed by atoms with Gasteiger partial charge in [-0.15, -0.1) is 0 Å². The number of hydrogen-bond donors (Lipinski definition) is 2. The van der Waals surface area contributed by atoms with Gasteiger partial charge in [0, 0.05) is 11.1 Å². The lowest BCUT2D eigenvalue weighted by molar-refractivity contribution is -0.115. The molecule has 1 heterocycles. The van der Waals surface area contributed by atoms with E-state index in [2.05, 4.69) is 10.6 Å².